The number of hydrogen-bond donors (Lipinski definition) is 2. The molecular formula is C28H25N3O4. The van der Waals surface area contributed by atoms with Crippen LogP contribution in [0.15, 0.2) is 72.8 Å². The highest BCUT2D eigenvalue weighted by atomic mass is 16.5. The normalized spacial score (nSPS) is 13.6. The summed E-state index contributed by atoms with van der Waals surface area (Å²) in [5.41, 5.74) is 2.48. The molecule has 35 heavy (non-hydrogen) atoms. The highest BCUT2D eigenvalue weighted by Crippen LogP contribution is 2.30. The van der Waals surface area contributed by atoms with Crippen molar-refractivity contribution in [2.45, 2.75) is 31.7 Å². The highest BCUT2D eigenvalue weighted by molar-refractivity contribution is 6.07. The van der Waals surface area contributed by atoms with Crippen LogP contribution in [0.25, 0.3) is 32.9 Å². The monoisotopic (exact) mass is 467 g/mol. The first-order chi connectivity index (χ1) is 17.1. The predicted octanol–water partition coefficient (Wildman–Crippen LogP) is 4.98. The number of fused-ring (bicyclic) bond motifs is 2. The molecule has 2 N–H and O–H groups in total. The van der Waals surface area contributed by atoms with E-state index in [4.69, 9.17) is 9.72 Å². The minimum absolute atomic E-state index is 0.0843. The summed E-state index contributed by atoms with van der Waals surface area (Å²) in [5.74, 6) is -1.34. The van der Waals surface area contributed by atoms with Crippen LogP contribution in [-0.4, -0.2) is 35.5 Å². The standard InChI is InChI=1S/C28H25N3O4/c32-26(31-28(34)29-19-10-2-3-11-19)17-35-27(33)23-16-25(30-24-15-6-5-13-22(23)24)21-14-7-9-18-8-1-4-12-20(18)21/h1,4-9,12-16,19H,2-3,10-11,17H2,(H2,29,31,32,34). The van der Waals surface area contributed by atoms with Gasteiger partial charge in [-0.25, -0.2) is 14.6 Å². The van der Waals surface area contributed by atoms with Gasteiger partial charge in [-0.05, 0) is 35.7 Å². The summed E-state index contributed by atoms with van der Waals surface area (Å²) in [6.07, 6.45) is 3.95. The van der Waals surface area contributed by atoms with E-state index in [0.717, 1.165) is 42.0 Å². The zero-order chi connectivity index (χ0) is 24.2. The van der Waals surface area contributed by atoms with Crippen molar-refractivity contribution in [2.75, 3.05) is 6.61 Å². The summed E-state index contributed by atoms with van der Waals surface area (Å²) in [6, 6.07) is 22.4. The maximum Gasteiger partial charge on any atom is 0.339 e. The quantitative estimate of drug-likeness (QED) is 0.404. The van der Waals surface area contributed by atoms with E-state index in [1.54, 1.807) is 12.1 Å². The first-order valence-electron chi connectivity index (χ1n) is 11.7. The zero-order valence-electron chi connectivity index (χ0n) is 19.1. The summed E-state index contributed by atoms with van der Waals surface area (Å²) in [5, 5.41) is 7.71. The van der Waals surface area contributed by atoms with E-state index in [0.29, 0.717) is 22.2 Å². The molecule has 0 bridgehead atoms. The largest absolute Gasteiger partial charge is 0.452 e. The smallest absolute Gasteiger partial charge is 0.339 e. The summed E-state index contributed by atoms with van der Waals surface area (Å²) in [6.45, 7) is -0.558. The molecule has 176 valence electrons. The maximum atomic E-state index is 13.0. The number of esters is 1. The van der Waals surface area contributed by atoms with E-state index in [1.165, 1.54) is 0 Å². The van der Waals surface area contributed by atoms with Crippen molar-refractivity contribution in [1.29, 1.82) is 0 Å². The molecule has 5 rings (SSSR count). The Morgan fingerprint density at radius 2 is 1.60 bits per heavy atom. The Morgan fingerprint density at radius 3 is 2.43 bits per heavy atom. The molecule has 1 heterocycles. The number of pyridine rings is 1. The van der Waals surface area contributed by atoms with Crippen LogP contribution in [0.3, 0.4) is 0 Å². The van der Waals surface area contributed by atoms with Gasteiger partial charge in [-0.2, -0.15) is 0 Å². The molecule has 3 aromatic carbocycles. The Balaban J connectivity index is 1.37. The first kappa shape index (κ1) is 22.5. The summed E-state index contributed by atoms with van der Waals surface area (Å²) >= 11 is 0. The van der Waals surface area contributed by atoms with Crippen LogP contribution in [0.2, 0.25) is 0 Å². The molecule has 7 nitrogen and oxygen atoms in total. The van der Waals surface area contributed by atoms with Crippen molar-refractivity contribution in [2.24, 2.45) is 0 Å². The summed E-state index contributed by atoms with van der Waals surface area (Å²) in [7, 11) is 0. The topological polar surface area (TPSA) is 97.4 Å². The number of hydrogen-bond acceptors (Lipinski definition) is 5. The lowest BCUT2D eigenvalue weighted by Crippen LogP contribution is -2.45. The summed E-state index contributed by atoms with van der Waals surface area (Å²) < 4.78 is 5.29. The van der Waals surface area contributed by atoms with Crippen LogP contribution in [0.5, 0.6) is 0 Å². The number of ether oxygens (including phenoxy) is 1. The number of nitrogens with one attached hydrogen (secondary N) is 2. The van der Waals surface area contributed by atoms with E-state index >= 15 is 0 Å². The van der Waals surface area contributed by atoms with E-state index < -0.39 is 24.5 Å². The number of aromatic nitrogens is 1. The van der Waals surface area contributed by atoms with Crippen LogP contribution in [-0.2, 0) is 9.53 Å². The Bertz CT molecular complexity index is 1420. The van der Waals surface area contributed by atoms with Crippen molar-refractivity contribution < 1.29 is 19.1 Å². The second kappa shape index (κ2) is 9.93. The van der Waals surface area contributed by atoms with Gasteiger partial charge < -0.3 is 10.1 Å². The van der Waals surface area contributed by atoms with Crippen molar-refractivity contribution in [1.82, 2.24) is 15.6 Å². The molecular weight excluding hydrogens is 442 g/mol. The fraction of sp³-hybridized carbons (Fsp3) is 0.214. The fourth-order valence-electron chi connectivity index (χ4n) is 4.59. The van der Waals surface area contributed by atoms with Crippen LogP contribution in [0.4, 0.5) is 4.79 Å². The van der Waals surface area contributed by atoms with Gasteiger partial charge in [0, 0.05) is 17.0 Å². The van der Waals surface area contributed by atoms with Gasteiger partial charge in [0.05, 0.1) is 16.8 Å². The molecule has 0 atom stereocenters. The Labute approximate surface area is 202 Å². The minimum atomic E-state index is -0.679. The molecule has 0 spiro atoms. The molecule has 0 saturated heterocycles. The van der Waals surface area contributed by atoms with Crippen molar-refractivity contribution in [3.8, 4) is 11.3 Å². The second-order valence-electron chi connectivity index (χ2n) is 8.68. The van der Waals surface area contributed by atoms with Gasteiger partial charge in [-0.1, -0.05) is 73.5 Å². The van der Waals surface area contributed by atoms with Gasteiger partial charge in [0.2, 0.25) is 0 Å². The highest BCUT2D eigenvalue weighted by Gasteiger charge is 2.20. The molecule has 1 aromatic heterocycles. The predicted molar refractivity (Wildman–Crippen MR) is 134 cm³/mol. The lowest BCUT2D eigenvalue weighted by Gasteiger charge is -2.13. The molecule has 1 fully saturated rings. The van der Waals surface area contributed by atoms with Crippen molar-refractivity contribution in [3.05, 3.63) is 78.4 Å². The van der Waals surface area contributed by atoms with Crippen molar-refractivity contribution >= 4 is 39.6 Å². The van der Waals surface area contributed by atoms with Gasteiger partial charge in [-0.3, -0.25) is 10.1 Å². The number of benzene rings is 3. The lowest BCUT2D eigenvalue weighted by atomic mass is 9.99. The first-order valence-corrected chi connectivity index (χ1v) is 11.7. The maximum absolute atomic E-state index is 13.0. The molecule has 1 saturated carbocycles. The number of nitrogens with zero attached hydrogens (tertiary/aromatic N) is 1. The van der Waals surface area contributed by atoms with Gasteiger partial charge >= 0.3 is 12.0 Å². The average Bonchev–Trinajstić information content (AvgIpc) is 3.39. The number of carbonyl (C=O) groups excluding carboxylic acids is 3. The molecule has 1 aliphatic rings. The van der Waals surface area contributed by atoms with Crippen LogP contribution < -0.4 is 10.6 Å². The van der Waals surface area contributed by atoms with Crippen LogP contribution >= 0.6 is 0 Å². The second-order valence-corrected chi connectivity index (χ2v) is 8.68. The van der Waals surface area contributed by atoms with Gasteiger partial charge in [-0.15, -0.1) is 0 Å². The molecule has 4 aromatic rings. The summed E-state index contributed by atoms with van der Waals surface area (Å²) in [4.78, 5) is 42.0. The number of carbonyl (C=O) groups is 3. The van der Waals surface area contributed by atoms with Gasteiger partial charge in [0.1, 0.15) is 0 Å². The molecule has 1 aliphatic carbocycles. The zero-order valence-corrected chi connectivity index (χ0v) is 19.1. The number of para-hydroxylation sites is 1. The Hall–Kier alpha value is -4.26. The van der Waals surface area contributed by atoms with Crippen LogP contribution in [0.1, 0.15) is 36.0 Å². The third-order valence-corrected chi connectivity index (χ3v) is 6.28. The molecule has 0 unspecified atom stereocenters. The van der Waals surface area contributed by atoms with E-state index in [9.17, 15) is 14.4 Å². The van der Waals surface area contributed by atoms with E-state index in [-0.39, 0.29) is 6.04 Å². The fourth-order valence-corrected chi connectivity index (χ4v) is 4.59. The van der Waals surface area contributed by atoms with Gasteiger partial charge in [0.25, 0.3) is 5.91 Å². The lowest BCUT2D eigenvalue weighted by molar-refractivity contribution is -0.123. The molecule has 7 heteroatoms. The average molecular weight is 468 g/mol. The number of rotatable bonds is 5. The number of amides is 3. The molecule has 3 amide bonds. The molecule has 0 radical (unpaired) electrons. The minimum Gasteiger partial charge on any atom is -0.452 e. The van der Waals surface area contributed by atoms with Crippen LogP contribution in [0, 0.1) is 0 Å². The number of imide groups is 1. The Kier molecular flexibility index (Phi) is 6.39. The van der Waals surface area contributed by atoms with Crippen molar-refractivity contribution in [3.63, 3.8) is 0 Å². The third kappa shape index (κ3) is 4.99. The SMILES string of the molecule is O=C(COC(=O)c1cc(-c2cccc3ccccc23)nc2ccccc12)NC(=O)NC1CCCC1. The third-order valence-electron chi connectivity index (χ3n) is 6.28. The molecule has 0 aliphatic heterocycles. The van der Waals surface area contributed by atoms with E-state index in [1.807, 2.05) is 60.7 Å². The number of urea groups is 1. The Morgan fingerprint density at radius 1 is 0.886 bits per heavy atom. The van der Waals surface area contributed by atoms with E-state index in [2.05, 4.69) is 10.6 Å². The van der Waals surface area contributed by atoms with Gasteiger partial charge in [0.15, 0.2) is 6.61 Å².